The van der Waals surface area contributed by atoms with E-state index in [0.29, 0.717) is 4.88 Å². The highest BCUT2D eigenvalue weighted by atomic mass is 32.1. The molecule has 2 aromatic heterocycles. The third kappa shape index (κ3) is 2.17. The molecule has 5 nitrogen and oxygen atoms in total. The van der Waals surface area contributed by atoms with E-state index in [1.54, 1.807) is 0 Å². The monoisotopic (exact) mass is 252 g/mol. The second-order valence-corrected chi connectivity index (χ2v) is 6.06. The van der Waals surface area contributed by atoms with E-state index in [4.69, 9.17) is 0 Å². The zero-order valence-corrected chi connectivity index (χ0v) is 11.5. The highest BCUT2D eigenvalue weighted by Crippen LogP contribution is 2.23. The maximum absolute atomic E-state index is 12.1. The Labute approximate surface area is 104 Å². The molecule has 2 aromatic rings. The van der Waals surface area contributed by atoms with Crippen molar-refractivity contribution in [3.63, 3.8) is 0 Å². The smallest absolute Gasteiger partial charge is 0.263 e. The van der Waals surface area contributed by atoms with Gasteiger partial charge in [-0.1, -0.05) is 11.3 Å². The minimum atomic E-state index is -0.233. The van der Waals surface area contributed by atoms with Crippen molar-refractivity contribution in [3.05, 3.63) is 16.4 Å². The molecule has 0 saturated carbocycles. The third-order valence-corrected chi connectivity index (χ3v) is 3.48. The summed E-state index contributed by atoms with van der Waals surface area (Å²) in [6, 6.07) is 0. The average molecular weight is 252 g/mol. The predicted octanol–water partition coefficient (Wildman–Crippen LogP) is 1.94. The summed E-state index contributed by atoms with van der Waals surface area (Å²) in [5, 5.41) is 11.0. The Morgan fingerprint density at radius 2 is 1.94 bits per heavy atom. The van der Waals surface area contributed by atoms with Gasteiger partial charge in [0, 0.05) is 11.2 Å². The van der Waals surface area contributed by atoms with Gasteiger partial charge in [-0.2, -0.15) is 0 Å². The van der Waals surface area contributed by atoms with Gasteiger partial charge >= 0.3 is 0 Å². The number of aromatic nitrogens is 3. The zero-order valence-electron chi connectivity index (χ0n) is 10.7. The Balaban J connectivity index is 2.43. The first-order valence-corrected chi connectivity index (χ1v) is 6.25. The number of carbonyl (C=O) groups excluding carboxylic acids is 1. The number of amides is 1. The van der Waals surface area contributed by atoms with Gasteiger partial charge in [-0.25, -0.2) is 0 Å². The van der Waals surface area contributed by atoms with Crippen LogP contribution < -0.4 is 5.32 Å². The van der Waals surface area contributed by atoms with E-state index >= 15 is 0 Å². The number of nitrogens with one attached hydrogen (secondary N) is 1. The molecule has 0 unspecified atom stereocenters. The predicted molar refractivity (Wildman–Crippen MR) is 67.6 cm³/mol. The van der Waals surface area contributed by atoms with Gasteiger partial charge in [0.1, 0.15) is 10.7 Å². The number of rotatable bonds is 1. The summed E-state index contributed by atoms with van der Waals surface area (Å²) < 4.78 is 1.90. The van der Waals surface area contributed by atoms with E-state index in [2.05, 4.69) is 15.5 Å². The minimum absolute atomic E-state index is 0.0510. The van der Waals surface area contributed by atoms with Crippen molar-refractivity contribution in [1.29, 1.82) is 0 Å². The number of nitrogens with zero attached hydrogens (tertiary/aromatic N) is 3. The highest BCUT2D eigenvalue weighted by Gasteiger charge is 2.21. The van der Waals surface area contributed by atoms with E-state index < -0.39 is 0 Å². The number of carbonyl (C=O) groups is 1. The fourth-order valence-electron chi connectivity index (χ4n) is 1.67. The van der Waals surface area contributed by atoms with Crippen LogP contribution in [0, 0.1) is 13.8 Å². The molecule has 92 valence electrons. The first kappa shape index (κ1) is 12.0. The summed E-state index contributed by atoms with van der Waals surface area (Å²) in [5.74, 6) is 0.758. The molecule has 2 heterocycles. The maximum Gasteiger partial charge on any atom is 0.263 e. The van der Waals surface area contributed by atoms with Gasteiger partial charge < -0.3 is 5.32 Å². The van der Waals surface area contributed by atoms with Gasteiger partial charge in [0.25, 0.3) is 5.91 Å². The Morgan fingerprint density at radius 1 is 1.29 bits per heavy atom. The fraction of sp³-hybridized carbons (Fsp3) is 0.545. The van der Waals surface area contributed by atoms with Gasteiger partial charge in [0.2, 0.25) is 4.96 Å². The molecule has 2 rings (SSSR count). The Morgan fingerprint density at radius 3 is 2.47 bits per heavy atom. The molecular formula is C11H16N4OS. The number of fused-ring (bicyclic) bond motifs is 1. The summed E-state index contributed by atoms with van der Waals surface area (Å²) in [7, 11) is 0. The number of thiazole rings is 1. The summed E-state index contributed by atoms with van der Waals surface area (Å²) in [5.41, 5.74) is 0.664. The van der Waals surface area contributed by atoms with Gasteiger partial charge in [-0.15, -0.1) is 10.2 Å². The lowest BCUT2D eigenvalue weighted by Crippen LogP contribution is -2.40. The van der Waals surface area contributed by atoms with E-state index in [1.807, 2.05) is 39.0 Å². The van der Waals surface area contributed by atoms with Gasteiger partial charge in [-0.05, 0) is 34.6 Å². The van der Waals surface area contributed by atoms with Crippen LogP contribution in [0.5, 0.6) is 0 Å². The normalized spacial score (nSPS) is 12.1. The zero-order chi connectivity index (χ0) is 12.8. The maximum atomic E-state index is 12.1. The van der Waals surface area contributed by atoms with Crippen molar-refractivity contribution < 1.29 is 4.79 Å². The van der Waals surface area contributed by atoms with E-state index in [-0.39, 0.29) is 11.4 Å². The average Bonchev–Trinajstić information content (AvgIpc) is 2.66. The quantitative estimate of drug-likeness (QED) is 0.843. The lowest BCUT2D eigenvalue weighted by Gasteiger charge is -2.20. The second kappa shape index (κ2) is 3.80. The molecule has 0 aliphatic heterocycles. The molecule has 0 radical (unpaired) electrons. The lowest BCUT2D eigenvalue weighted by molar-refractivity contribution is 0.0923. The number of hydrogen-bond acceptors (Lipinski definition) is 4. The Hall–Kier alpha value is -1.43. The second-order valence-electron chi connectivity index (χ2n) is 5.09. The standard InChI is InChI=1S/C11H16N4OS/c1-6-8(9(16)12-11(3,4)5)17-10-14-13-7(2)15(6)10/h1-5H3,(H,12,16). The molecule has 0 atom stereocenters. The Kier molecular flexibility index (Phi) is 2.69. The van der Waals surface area contributed by atoms with Crippen LogP contribution in [0.25, 0.3) is 4.96 Å². The summed E-state index contributed by atoms with van der Waals surface area (Å²) in [6.45, 7) is 9.69. The van der Waals surface area contributed by atoms with Crippen LogP contribution in [-0.2, 0) is 0 Å². The number of aryl methyl sites for hydroxylation is 2. The summed E-state index contributed by atoms with van der Waals surface area (Å²) in [4.78, 5) is 13.6. The van der Waals surface area contributed by atoms with Crippen LogP contribution in [0.4, 0.5) is 0 Å². The molecular weight excluding hydrogens is 236 g/mol. The fourth-order valence-corrected chi connectivity index (χ4v) is 2.68. The SMILES string of the molecule is Cc1nnc2sc(C(=O)NC(C)(C)C)c(C)n12. The van der Waals surface area contributed by atoms with Gasteiger partial charge in [-0.3, -0.25) is 9.20 Å². The van der Waals surface area contributed by atoms with Crippen molar-refractivity contribution in [2.75, 3.05) is 0 Å². The molecule has 1 amide bonds. The molecule has 0 aliphatic rings. The van der Waals surface area contributed by atoms with Crippen LogP contribution in [0.1, 0.15) is 42.0 Å². The summed E-state index contributed by atoms with van der Waals surface area (Å²) >= 11 is 1.37. The molecule has 0 aliphatic carbocycles. The molecule has 0 saturated heterocycles. The molecule has 1 N–H and O–H groups in total. The van der Waals surface area contributed by atoms with Crippen LogP contribution in [-0.4, -0.2) is 26.0 Å². The Bertz CT molecular complexity index is 576. The third-order valence-electron chi connectivity index (χ3n) is 2.35. The van der Waals surface area contributed by atoms with Crippen molar-refractivity contribution in [1.82, 2.24) is 19.9 Å². The van der Waals surface area contributed by atoms with Crippen molar-refractivity contribution in [2.45, 2.75) is 40.2 Å². The topological polar surface area (TPSA) is 59.3 Å². The van der Waals surface area contributed by atoms with Crippen LogP contribution in [0.3, 0.4) is 0 Å². The van der Waals surface area contributed by atoms with Gasteiger partial charge in [0.15, 0.2) is 0 Å². The van der Waals surface area contributed by atoms with Crippen molar-refractivity contribution >= 4 is 22.2 Å². The highest BCUT2D eigenvalue weighted by molar-refractivity contribution is 7.19. The van der Waals surface area contributed by atoms with E-state index in [0.717, 1.165) is 16.5 Å². The molecule has 17 heavy (non-hydrogen) atoms. The van der Waals surface area contributed by atoms with E-state index in [1.165, 1.54) is 11.3 Å². The molecule has 0 spiro atoms. The summed E-state index contributed by atoms with van der Waals surface area (Å²) in [6.07, 6.45) is 0. The minimum Gasteiger partial charge on any atom is -0.347 e. The van der Waals surface area contributed by atoms with E-state index in [9.17, 15) is 4.79 Å². The van der Waals surface area contributed by atoms with Crippen LogP contribution in [0.2, 0.25) is 0 Å². The van der Waals surface area contributed by atoms with Crippen LogP contribution in [0.15, 0.2) is 0 Å². The molecule has 6 heteroatoms. The molecule has 0 fully saturated rings. The largest absolute Gasteiger partial charge is 0.347 e. The van der Waals surface area contributed by atoms with Gasteiger partial charge in [0.05, 0.1) is 0 Å². The first-order valence-electron chi connectivity index (χ1n) is 5.43. The first-order chi connectivity index (χ1) is 7.79. The molecule has 0 aromatic carbocycles. The van der Waals surface area contributed by atoms with Crippen LogP contribution >= 0.6 is 11.3 Å². The number of hydrogen-bond donors (Lipinski definition) is 1. The molecule has 0 bridgehead atoms. The van der Waals surface area contributed by atoms with Crippen molar-refractivity contribution in [3.8, 4) is 0 Å². The van der Waals surface area contributed by atoms with Crippen molar-refractivity contribution in [2.24, 2.45) is 0 Å². The lowest BCUT2D eigenvalue weighted by atomic mass is 10.1.